The van der Waals surface area contributed by atoms with Crippen LogP contribution in [0.3, 0.4) is 0 Å². The monoisotopic (exact) mass is 261 g/mol. The van der Waals surface area contributed by atoms with Crippen LogP contribution >= 0.6 is 0 Å². The van der Waals surface area contributed by atoms with Gasteiger partial charge >= 0.3 is 0 Å². The zero-order chi connectivity index (χ0) is 13.7. The highest BCUT2D eigenvalue weighted by Crippen LogP contribution is 2.19. The molecule has 0 saturated heterocycles. The molecule has 0 spiro atoms. The maximum atomic E-state index is 10.8. The van der Waals surface area contributed by atoms with Gasteiger partial charge < -0.3 is 9.26 Å². The molecular weight excluding hydrogens is 250 g/mol. The van der Waals surface area contributed by atoms with Gasteiger partial charge in [-0.15, -0.1) is 0 Å². The molecule has 0 atom stereocenters. The lowest BCUT2D eigenvalue weighted by Crippen LogP contribution is -1.90. The predicted molar refractivity (Wildman–Crippen MR) is 67.0 cm³/mol. The molecule has 1 aromatic carbocycles. The fraction of sp³-hybridized carbons (Fsp3) is 0.167. The van der Waals surface area contributed by atoms with Gasteiger partial charge in [-0.2, -0.15) is 4.98 Å². The lowest BCUT2D eigenvalue weighted by atomic mass is 10.1. The Bertz CT molecular complexity index is 607. The van der Waals surface area contributed by atoms with Gasteiger partial charge in [0.15, 0.2) is 5.82 Å². The molecule has 19 heavy (non-hydrogen) atoms. The number of nitro benzene ring substituents is 1. The average molecular weight is 261 g/mol. The Morgan fingerprint density at radius 2 is 2.21 bits per heavy atom. The van der Waals surface area contributed by atoms with Crippen LogP contribution < -0.4 is 0 Å². The minimum atomic E-state index is -0.441. The number of hydrogen-bond acceptors (Lipinski definition) is 6. The highest BCUT2D eigenvalue weighted by Gasteiger charge is 2.10. The highest BCUT2D eigenvalue weighted by molar-refractivity contribution is 5.71. The average Bonchev–Trinajstić information content (AvgIpc) is 2.85. The van der Waals surface area contributed by atoms with Crippen LogP contribution in [-0.4, -0.2) is 22.2 Å². The molecule has 2 rings (SSSR count). The summed E-state index contributed by atoms with van der Waals surface area (Å²) < 4.78 is 9.80. The zero-order valence-electron chi connectivity index (χ0n) is 10.1. The van der Waals surface area contributed by atoms with Crippen molar-refractivity contribution < 1.29 is 14.2 Å². The summed E-state index contributed by atoms with van der Waals surface area (Å²) in [6.07, 6.45) is 3.08. The van der Waals surface area contributed by atoms with Gasteiger partial charge in [0.05, 0.1) is 10.5 Å². The van der Waals surface area contributed by atoms with Crippen LogP contribution in [0.2, 0.25) is 0 Å². The normalized spacial score (nSPS) is 11.0. The van der Waals surface area contributed by atoms with E-state index in [1.165, 1.54) is 19.3 Å². The van der Waals surface area contributed by atoms with Crippen molar-refractivity contribution in [1.29, 1.82) is 0 Å². The molecule has 0 amide bonds. The van der Waals surface area contributed by atoms with Gasteiger partial charge in [0.1, 0.15) is 6.61 Å². The molecule has 1 aromatic heterocycles. The minimum absolute atomic E-state index is 0.0235. The number of para-hydroxylation sites is 1. The fourth-order valence-electron chi connectivity index (χ4n) is 1.48. The van der Waals surface area contributed by atoms with Crippen LogP contribution in [0.4, 0.5) is 5.69 Å². The summed E-state index contributed by atoms with van der Waals surface area (Å²) in [6, 6.07) is 6.40. The van der Waals surface area contributed by atoms with Gasteiger partial charge in [-0.3, -0.25) is 10.1 Å². The van der Waals surface area contributed by atoms with Crippen LogP contribution in [0.1, 0.15) is 17.3 Å². The number of nitrogens with zero attached hydrogens (tertiary/aromatic N) is 3. The lowest BCUT2D eigenvalue weighted by Gasteiger charge is -1.95. The van der Waals surface area contributed by atoms with Crippen LogP contribution in [0.5, 0.6) is 0 Å². The van der Waals surface area contributed by atoms with E-state index in [1.54, 1.807) is 24.3 Å². The van der Waals surface area contributed by atoms with Gasteiger partial charge in [0, 0.05) is 19.3 Å². The largest absolute Gasteiger partial charge is 0.377 e. The van der Waals surface area contributed by atoms with Crippen LogP contribution in [0.25, 0.3) is 12.2 Å². The molecule has 0 fully saturated rings. The van der Waals surface area contributed by atoms with E-state index >= 15 is 0 Å². The first kappa shape index (κ1) is 12.9. The van der Waals surface area contributed by atoms with Gasteiger partial charge in [-0.05, 0) is 12.1 Å². The maximum Gasteiger partial charge on any atom is 0.276 e. The second-order valence-corrected chi connectivity index (χ2v) is 3.63. The summed E-state index contributed by atoms with van der Waals surface area (Å²) >= 11 is 0. The number of aromatic nitrogens is 2. The van der Waals surface area contributed by atoms with Crippen molar-refractivity contribution in [3.8, 4) is 0 Å². The second kappa shape index (κ2) is 5.87. The lowest BCUT2D eigenvalue weighted by molar-refractivity contribution is -0.385. The second-order valence-electron chi connectivity index (χ2n) is 3.63. The molecule has 7 heteroatoms. The van der Waals surface area contributed by atoms with Gasteiger partial charge in [0.2, 0.25) is 0 Å². The molecule has 0 unspecified atom stereocenters. The molecule has 0 N–H and O–H groups in total. The highest BCUT2D eigenvalue weighted by atomic mass is 16.6. The standard InChI is InChI=1S/C12H11N3O4/c1-18-8-11-13-12(19-14-11)7-6-9-4-2-3-5-10(9)15(16)17/h2-7H,8H2,1H3/b7-6-. The summed E-state index contributed by atoms with van der Waals surface area (Å²) in [5.41, 5.74) is 0.495. The van der Waals surface area contributed by atoms with Crippen molar-refractivity contribution in [3.63, 3.8) is 0 Å². The molecular formula is C12H11N3O4. The number of nitro groups is 1. The van der Waals surface area contributed by atoms with E-state index in [1.807, 2.05) is 0 Å². The van der Waals surface area contributed by atoms with Crippen molar-refractivity contribution in [2.24, 2.45) is 0 Å². The number of rotatable bonds is 5. The van der Waals surface area contributed by atoms with Crippen molar-refractivity contribution in [2.75, 3.05) is 7.11 Å². The minimum Gasteiger partial charge on any atom is -0.377 e. The molecule has 0 radical (unpaired) electrons. The van der Waals surface area contributed by atoms with E-state index in [4.69, 9.17) is 9.26 Å². The number of ether oxygens (including phenoxy) is 1. The Labute approximate surface area is 108 Å². The number of benzene rings is 1. The van der Waals surface area contributed by atoms with E-state index in [0.717, 1.165) is 0 Å². The molecule has 98 valence electrons. The maximum absolute atomic E-state index is 10.8. The summed E-state index contributed by atoms with van der Waals surface area (Å²) in [5.74, 6) is 0.690. The first-order chi connectivity index (χ1) is 9.20. The van der Waals surface area contributed by atoms with Crippen LogP contribution in [0.15, 0.2) is 28.8 Å². The van der Waals surface area contributed by atoms with E-state index in [9.17, 15) is 10.1 Å². The summed E-state index contributed by atoms with van der Waals surface area (Å²) in [4.78, 5) is 14.4. The smallest absolute Gasteiger partial charge is 0.276 e. The van der Waals surface area contributed by atoms with Gasteiger partial charge in [0.25, 0.3) is 11.6 Å². The molecule has 7 nitrogen and oxygen atoms in total. The quantitative estimate of drug-likeness (QED) is 0.605. The molecule has 0 aliphatic heterocycles. The molecule has 0 bridgehead atoms. The first-order valence-corrected chi connectivity index (χ1v) is 5.43. The SMILES string of the molecule is COCc1noc(/C=C\c2ccccc2[N+](=O)[O-])n1. The Hall–Kier alpha value is -2.54. The Kier molecular flexibility index (Phi) is 3.99. The third-order valence-corrected chi connectivity index (χ3v) is 2.30. The molecule has 1 heterocycles. The van der Waals surface area contributed by atoms with Gasteiger partial charge in [-0.1, -0.05) is 17.3 Å². The van der Waals surface area contributed by atoms with Crippen molar-refractivity contribution in [1.82, 2.24) is 10.1 Å². The number of hydrogen-bond donors (Lipinski definition) is 0. The van der Waals surface area contributed by atoms with Crippen molar-refractivity contribution >= 4 is 17.8 Å². The van der Waals surface area contributed by atoms with Crippen LogP contribution in [-0.2, 0) is 11.3 Å². The van der Waals surface area contributed by atoms with E-state index in [-0.39, 0.29) is 18.2 Å². The predicted octanol–water partition coefficient (Wildman–Crippen LogP) is 2.29. The Morgan fingerprint density at radius 1 is 1.42 bits per heavy atom. The zero-order valence-corrected chi connectivity index (χ0v) is 10.1. The molecule has 0 saturated carbocycles. The summed E-state index contributed by atoms with van der Waals surface area (Å²) in [5, 5.41) is 14.5. The number of methoxy groups -OCH3 is 1. The van der Waals surface area contributed by atoms with E-state index in [0.29, 0.717) is 11.4 Å². The van der Waals surface area contributed by atoms with E-state index in [2.05, 4.69) is 10.1 Å². The molecule has 0 aliphatic rings. The van der Waals surface area contributed by atoms with Gasteiger partial charge in [-0.25, -0.2) is 0 Å². The summed E-state index contributed by atoms with van der Waals surface area (Å²) in [7, 11) is 1.53. The molecule has 2 aromatic rings. The summed E-state index contributed by atoms with van der Waals surface area (Å²) in [6.45, 7) is 0.253. The topological polar surface area (TPSA) is 91.3 Å². The van der Waals surface area contributed by atoms with E-state index < -0.39 is 4.92 Å². The first-order valence-electron chi connectivity index (χ1n) is 5.43. The molecule has 0 aliphatic carbocycles. The van der Waals surface area contributed by atoms with Crippen molar-refractivity contribution in [2.45, 2.75) is 6.61 Å². The Balaban J connectivity index is 2.20. The van der Waals surface area contributed by atoms with Crippen molar-refractivity contribution in [3.05, 3.63) is 51.7 Å². The fourth-order valence-corrected chi connectivity index (χ4v) is 1.48. The Morgan fingerprint density at radius 3 is 2.95 bits per heavy atom. The third kappa shape index (κ3) is 3.23. The third-order valence-electron chi connectivity index (χ3n) is 2.30. The van der Waals surface area contributed by atoms with Crippen LogP contribution in [0, 0.1) is 10.1 Å².